The van der Waals surface area contributed by atoms with Crippen LogP contribution in [0, 0.1) is 5.92 Å². The number of rotatable bonds is 9. The summed E-state index contributed by atoms with van der Waals surface area (Å²) in [4.78, 5) is 2.38. The first-order chi connectivity index (χ1) is 8.69. The van der Waals surface area contributed by atoms with Crippen molar-refractivity contribution in [3.8, 4) is 0 Å². The molecule has 0 spiro atoms. The Kier molecular flexibility index (Phi) is 7.82. The Morgan fingerprint density at radius 3 is 2.83 bits per heavy atom. The summed E-state index contributed by atoms with van der Waals surface area (Å²) in [6.07, 6.45) is 2.37. The van der Waals surface area contributed by atoms with E-state index in [0.29, 0.717) is 18.0 Å². The zero-order valence-electron chi connectivity index (χ0n) is 12.4. The van der Waals surface area contributed by atoms with E-state index in [4.69, 9.17) is 9.47 Å². The first kappa shape index (κ1) is 15.9. The van der Waals surface area contributed by atoms with Crippen molar-refractivity contribution in [3.05, 3.63) is 0 Å². The summed E-state index contributed by atoms with van der Waals surface area (Å²) < 4.78 is 10.8. The summed E-state index contributed by atoms with van der Waals surface area (Å²) in [7, 11) is 3.95. The average molecular weight is 258 g/mol. The summed E-state index contributed by atoms with van der Waals surface area (Å²) in [6, 6.07) is 1.00. The van der Waals surface area contributed by atoms with Crippen molar-refractivity contribution in [1.82, 2.24) is 10.2 Å². The first-order valence-corrected chi connectivity index (χ1v) is 7.19. The Hall–Kier alpha value is -0.160. The molecule has 0 aliphatic carbocycles. The average Bonchev–Trinajstić information content (AvgIpc) is 2.88. The normalized spacial score (nSPS) is 23.5. The molecule has 0 aromatic rings. The monoisotopic (exact) mass is 258 g/mol. The molecule has 0 bridgehead atoms. The lowest BCUT2D eigenvalue weighted by Crippen LogP contribution is -2.48. The number of nitrogens with one attached hydrogen (secondary N) is 1. The van der Waals surface area contributed by atoms with E-state index in [1.807, 2.05) is 0 Å². The second-order valence-corrected chi connectivity index (χ2v) is 5.43. The van der Waals surface area contributed by atoms with Crippen molar-refractivity contribution in [2.75, 3.05) is 47.1 Å². The molecule has 0 saturated carbocycles. The number of likely N-dealkylation sites (N-methyl/N-ethyl adjacent to an activating group) is 1. The third kappa shape index (κ3) is 5.22. The highest BCUT2D eigenvalue weighted by atomic mass is 16.5. The predicted octanol–water partition coefficient (Wildman–Crippen LogP) is 1.36. The van der Waals surface area contributed by atoms with Gasteiger partial charge in [0.1, 0.15) is 0 Å². The molecule has 1 fully saturated rings. The van der Waals surface area contributed by atoms with Crippen LogP contribution in [0.3, 0.4) is 0 Å². The van der Waals surface area contributed by atoms with Gasteiger partial charge in [0, 0.05) is 38.3 Å². The van der Waals surface area contributed by atoms with Crippen LogP contribution >= 0.6 is 0 Å². The fraction of sp³-hybridized carbons (Fsp3) is 1.00. The standard InChI is InChI=1S/C14H30N2O2/c1-5-7-15-14(13-6-8-18-11-13)9-16(3)12(2)10-17-4/h12-15H,5-11H2,1-4H3. The maximum absolute atomic E-state index is 5.52. The fourth-order valence-corrected chi connectivity index (χ4v) is 2.44. The van der Waals surface area contributed by atoms with Gasteiger partial charge in [0.05, 0.1) is 13.2 Å². The molecule has 1 aliphatic heterocycles. The van der Waals surface area contributed by atoms with Crippen LogP contribution in [-0.2, 0) is 9.47 Å². The van der Waals surface area contributed by atoms with E-state index in [9.17, 15) is 0 Å². The Bertz CT molecular complexity index is 208. The Labute approximate surface area is 112 Å². The molecule has 4 heteroatoms. The van der Waals surface area contributed by atoms with Gasteiger partial charge >= 0.3 is 0 Å². The number of nitrogens with zero attached hydrogens (tertiary/aromatic N) is 1. The minimum Gasteiger partial charge on any atom is -0.383 e. The van der Waals surface area contributed by atoms with Crippen molar-refractivity contribution in [2.24, 2.45) is 5.92 Å². The highest BCUT2D eigenvalue weighted by Crippen LogP contribution is 2.18. The van der Waals surface area contributed by atoms with E-state index >= 15 is 0 Å². The largest absolute Gasteiger partial charge is 0.383 e. The van der Waals surface area contributed by atoms with Gasteiger partial charge in [-0.1, -0.05) is 6.92 Å². The SMILES string of the molecule is CCCNC(CN(C)C(C)COC)C1CCOC1. The molecule has 1 aliphatic rings. The minimum atomic E-state index is 0.461. The maximum Gasteiger partial charge on any atom is 0.0615 e. The van der Waals surface area contributed by atoms with E-state index in [1.165, 1.54) is 12.8 Å². The molecular weight excluding hydrogens is 228 g/mol. The van der Waals surface area contributed by atoms with E-state index in [0.717, 1.165) is 32.9 Å². The van der Waals surface area contributed by atoms with Crippen molar-refractivity contribution in [2.45, 2.75) is 38.8 Å². The van der Waals surface area contributed by atoms with Crippen LogP contribution < -0.4 is 5.32 Å². The zero-order valence-corrected chi connectivity index (χ0v) is 12.4. The summed E-state index contributed by atoms with van der Waals surface area (Å²) in [5, 5.41) is 3.68. The van der Waals surface area contributed by atoms with Crippen LogP contribution in [0.25, 0.3) is 0 Å². The van der Waals surface area contributed by atoms with E-state index in [2.05, 4.69) is 31.1 Å². The summed E-state index contributed by atoms with van der Waals surface area (Å²) in [5.74, 6) is 0.661. The van der Waals surface area contributed by atoms with Crippen LogP contribution in [0.1, 0.15) is 26.7 Å². The highest BCUT2D eigenvalue weighted by Gasteiger charge is 2.27. The fourth-order valence-electron chi connectivity index (χ4n) is 2.44. The summed E-state index contributed by atoms with van der Waals surface area (Å²) >= 11 is 0. The van der Waals surface area contributed by atoms with Gasteiger partial charge in [-0.25, -0.2) is 0 Å². The molecule has 1 N–H and O–H groups in total. The van der Waals surface area contributed by atoms with Crippen LogP contribution in [0.2, 0.25) is 0 Å². The molecule has 108 valence electrons. The van der Waals surface area contributed by atoms with Crippen LogP contribution in [-0.4, -0.2) is 64.1 Å². The molecule has 3 atom stereocenters. The first-order valence-electron chi connectivity index (χ1n) is 7.19. The summed E-state index contributed by atoms with van der Waals surface area (Å²) in [6.45, 7) is 9.21. The number of hydrogen-bond acceptors (Lipinski definition) is 4. The third-order valence-electron chi connectivity index (χ3n) is 3.84. The summed E-state index contributed by atoms with van der Waals surface area (Å²) in [5.41, 5.74) is 0. The number of hydrogen-bond donors (Lipinski definition) is 1. The topological polar surface area (TPSA) is 33.7 Å². The molecular formula is C14H30N2O2. The van der Waals surface area contributed by atoms with Crippen LogP contribution in [0.4, 0.5) is 0 Å². The molecule has 1 saturated heterocycles. The van der Waals surface area contributed by atoms with Gasteiger partial charge in [-0.15, -0.1) is 0 Å². The molecule has 1 heterocycles. The second kappa shape index (κ2) is 8.86. The third-order valence-corrected chi connectivity index (χ3v) is 3.84. The lowest BCUT2D eigenvalue weighted by atomic mass is 9.98. The van der Waals surface area contributed by atoms with E-state index in [1.54, 1.807) is 7.11 Å². The Morgan fingerprint density at radius 2 is 2.28 bits per heavy atom. The zero-order chi connectivity index (χ0) is 13.4. The van der Waals surface area contributed by atoms with Gasteiger partial charge in [0.15, 0.2) is 0 Å². The Balaban J connectivity index is 2.43. The highest BCUT2D eigenvalue weighted by molar-refractivity contribution is 4.82. The van der Waals surface area contributed by atoms with Gasteiger partial charge in [-0.2, -0.15) is 0 Å². The second-order valence-electron chi connectivity index (χ2n) is 5.43. The van der Waals surface area contributed by atoms with E-state index < -0.39 is 0 Å². The van der Waals surface area contributed by atoms with Crippen LogP contribution in [0.15, 0.2) is 0 Å². The predicted molar refractivity (Wildman–Crippen MR) is 75.0 cm³/mol. The molecule has 0 aromatic heterocycles. The van der Waals surface area contributed by atoms with Gasteiger partial charge in [-0.05, 0) is 33.4 Å². The smallest absolute Gasteiger partial charge is 0.0615 e. The Morgan fingerprint density at radius 1 is 1.50 bits per heavy atom. The molecule has 0 radical (unpaired) electrons. The van der Waals surface area contributed by atoms with Crippen molar-refractivity contribution >= 4 is 0 Å². The quantitative estimate of drug-likeness (QED) is 0.677. The van der Waals surface area contributed by atoms with Gasteiger partial charge in [0.2, 0.25) is 0 Å². The van der Waals surface area contributed by atoms with Gasteiger partial charge in [0.25, 0.3) is 0 Å². The van der Waals surface area contributed by atoms with Crippen molar-refractivity contribution in [1.29, 1.82) is 0 Å². The molecule has 0 amide bonds. The van der Waals surface area contributed by atoms with Crippen molar-refractivity contribution in [3.63, 3.8) is 0 Å². The van der Waals surface area contributed by atoms with E-state index in [-0.39, 0.29) is 0 Å². The lowest BCUT2D eigenvalue weighted by molar-refractivity contribution is 0.100. The number of ether oxygens (including phenoxy) is 2. The van der Waals surface area contributed by atoms with Gasteiger partial charge in [-0.3, -0.25) is 4.90 Å². The minimum absolute atomic E-state index is 0.461. The lowest BCUT2D eigenvalue weighted by Gasteiger charge is -2.32. The molecule has 4 nitrogen and oxygen atoms in total. The van der Waals surface area contributed by atoms with Crippen LogP contribution in [0.5, 0.6) is 0 Å². The molecule has 0 aromatic carbocycles. The molecule has 18 heavy (non-hydrogen) atoms. The van der Waals surface area contributed by atoms with Gasteiger partial charge < -0.3 is 14.8 Å². The van der Waals surface area contributed by atoms with Crippen molar-refractivity contribution < 1.29 is 9.47 Å². The maximum atomic E-state index is 5.52. The molecule has 1 rings (SSSR count). The number of methoxy groups -OCH3 is 1. The molecule has 3 unspecified atom stereocenters.